The van der Waals surface area contributed by atoms with Gasteiger partial charge < -0.3 is 14.7 Å². The van der Waals surface area contributed by atoms with E-state index in [4.69, 9.17) is 15.1 Å². The molecule has 0 radical (unpaired) electrons. The Bertz CT molecular complexity index is 821. The molecule has 2 aromatic carbocycles. The van der Waals surface area contributed by atoms with Gasteiger partial charge in [-0.25, -0.2) is 4.79 Å². The highest BCUT2D eigenvalue weighted by Crippen LogP contribution is 2.34. The van der Waals surface area contributed by atoms with Crippen molar-refractivity contribution in [3.63, 3.8) is 0 Å². The summed E-state index contributed by atoms with van der Waals surface area (Å²) in [5.41, 5.74) is 2.06. The van der Waals surface area contributed by atoms with Gasteiger partial charge in [-0.05, 0) is 35.9 Å². The first-order chi connectivity index (χ1) is 11.1. The van der Waals surface area contributed by atoms with Crippen molar-refractivity contribution in [1.82, 2.24) is 0 Å². The Morgan fingerprint density at radius 1 is 1.26 bits per heavy atom. The van der Waals surface area contributed by atoms with Crippen molar-refractivity contribution in [3.8, 4) is 11.8 Å². The maximum absolute atomic E-state index is 12.1. The Kier molecular flexibility index (Phi) is 3.69. The molecule has 6 nitrogen and oxygen atoms in total. The van der Waals surface area contributed by atoms with Crippen LogP contribution in [0.15, 0.2) is 42.5 Å². The summed E-state index contributed by atoms with van der Waals surface area (Å²) in [6, 6.07) is 13.4. The second kappa shape index (κ2) is 5.81. The van der Waals surface area contributed by atoms with Crippen LogP contribution in [0.5, 0.6) is 5.75 Å². The number of hydrogen-bond donors (Lipinski definition) is 1. The molecular formula is C17H12N2O4. The zero-order valence-corrected chi connectivity index (χ0v) is 12.0. The van der Waals surface area contributed by atoms with E-state index >= 15 is 0 Å². The van der Waals surface area contributed by atoms with Gasteiger partial charge in [0.1, 0.15) is 5.75 Å². The molecule has 0 saturated carbocycles. The zero-order chi connectivity index (χ0) is 16.4. The van der Waals surface area contributed by atoms with Crippen LogP contribution in [-0.4, -0.2) is 23.6 Å². The molecule has 0 aliphatic carbocycles. The number of fused-ring (bicyclic) bond motifs is 1. The number of anilines is 1. The van der Waals surface area contributed by atoms with E-state index in [2.05, 4.69) is 0 Å². The number of rotatable bonds is 3. The molecule has 2 aromatic rings. The summed E-state index contributed by atoms with van der Waals surface area (Å²) in [5.74, 6) is -0.880. The van der Waals surface area contributed by atoms with Gasteiger partial charge >= 0.3 is 5.97 Å². The number of hydrogen-bond acceptors (Lipinski definition) is 4. The maximum atomic E-state index is 12.1. The Labute approximate surface area is 132 Å². The smallest absolute Gasteiger partial charge is 0.335 e. The summed E-state index contributed by atoms with van der Waals surface area (Å²) < 4.78 is 5.33. The van der Waals surface area contributed by atoms with Crippen molar-refractivity contribution in [2.24, 2.45) is 0 Å². The highest BCUT2D eigenvalue weighted by molar-refractivity contribution is 5.99. The molecule has 1 amide bonds. The van der Waals surface area contributed by atoms with E-state index < -0.39 is 5.97 Å². The molecule has 0 atom stereocenters. The summed E-state index contributed by atoms with van der Waals surface area (Å²) in [6.45, 7) is 0.194. The molecule has 0 bridgehead atoms. The monoisotopic (exact) mass is 308 g/mol. The van der Waals surface area contributed by atoms with E-state index in [1.807, 2.05) is 6.07 Å². The molecule has 1 heterocycles. The van der Waals surface area contributed by atoms with E-state index in [1.165, 1.54) is 12.1 Å². The third-order valence-corrected chi connectivity index (χ3v) is 3.57. The first-order valence-corrected chi connectivity index (χ1v) is 6.88. The Hall–Kier alpha value is -3.33. The highest BCUT2D eigenvalue weighted by Gasteiger charge is 2.26. The van der Waals surface area contributed by atoms with E-state index in [-0.39, 0.29) is 18.1 Å². The molecular weight excluding hydrogens is 296 g/mol. The first kappa shape index (κ1) is 14.6. The van der Waals surface area contributed by atoms with Crippen LogP contribution in [0.25, 0.3) is 0 Å². The SMILES string of the molecule is N#Cc1ccc(CN2C(=O)COc3cc(C(=O)O)ccc32)cc1. The maximum Gasteiger partial charge on any atom is 0.335 e. The fourth-order valence-electron chi connectivity index (χ4n) is 2.38. The van der Waals surface area contributed by atoms with Gasteiger partial charge in [-0.3, -0.25) is 4.79 Å². The van der Waals surface area contributed by atoms with Crippen LogP contribution in [-0.2, 0) is 11.3 Å². The van der Waals surface area contributed by atoms with Crippen LogP contribution in [0.3, 0.4) is 0 Å². The lowest BCUT2D eigenvalue weighted by atomic mass is 10.1. The largest absolute Gasteiger partial charge is 0.482 e. The lowest BCUT2D eigenvalue weighted by Gasteiger charge is -2.29. The number of carboxylic acid groups (broad SMARTS) is 1. The van der Waals surface area contributed by atoms with E-state index in [0.717, 1.165) is 5.56 Å². The average Bonchev–Trinajstić information content (AvgIpc) is 2.57. The highest BCUT2D eigenvalue weighted by atomic mass is 16.5. The molecule has 1 aliphatic heterocycles. The molecule has 0 fully saturated rings. The van der Waals surface area contributed by atoms with Gasteiger partial charge in [0.15, 0.2) is 6.61 Å². The molecule has 23 heavy (non-hydrogen) atoms. The Balaban J connectivity index is 1.92. The van der Waals surface area contributed by atoms with Crippen molar-refractivity contribution in [2.75, 3.05) is 11.5 Å². The van der Waals surface area contributed by atoms with E-state index in [1.54, 1.807) is 35.2 Å². The van der Waals surface area contributed by atoms with Gasteiger partial charge in [0.25, 0.3) is 5.91 Å². The number of benzene rings is 2. The molecule has 3 rings (SSSR count). The number of ether oxygens (including phenoxy) is 1. The summed E-state index contributed by atoms with van der Waals surface area (Å²) in [5, 5.41) is 17.8. The fraction of sp³-hybridized carbons (Fsp3) is 0.118. The van der Waals surface area contributed by atoms with Crippen LogP contribution in [0.1, 0.15) is 21.5 Å². The predicted octanol–water partition coefficient (Wildman–Crippen LogP) is 2.18. The summed E-state index contributed by atoms with van der Waals surface area (Å²) in [4.78, 5) is 24.7. The van der Waals surface area contributed by atoms with Crippen molar-refractivity contribution >= 4 is 17.6 Å². The van der Waals surface area contributed by atoms with Gasteiger partial charge in [0.05, 0.1) is 29.4 Å². The van der Waals surface area contributed by atoms with Crippen molar-refractivity contribution in [2.45, 2.75) is 6.54 Å². The molecule has 0 spiro atoms. The van der Waals surface area contributed by atoms with Crippen LogP contribution >= 0.6 is 0 Å². The number of carbonyl (C=O) groups is 2. The zero-order valence-electron chi connectivity index (χ0n) is 12.0. The average molecular weight is 308 g/mol. The van der Waals surface area contributed by atoms with Gasteiger partial charge in [0.2, 0.25) is 0 Å². The standard InChI is InChI=1S/C17H12N2O4/c18-8-11-1-3-12(4-2-11)9-19-14-6-5-13(17(21)22)7-15(14)23-10-16(19)20/h1-7H,9-10H2,(H,21,22). The lowest BCUT2D eigenvalue weighted by molar-refractivity contribution is -0.121. The van der Waals surface area contributed by atoms with Crippen LogP contribution < -0.4 is 9.64 Å². The molecule has 0 saturated heterocycles. The molecule has 0 unspecified atom stereocenters. The molecule has 114 valence electrons. The summed E-state index contributed by atoms with van der Waals surface area (Å²) in [6.07, 6.45) is 0. The molecule has 0 aromatic heterocycles. The minimum atomic E-state index is -1.05. The second-order valence-electron chi connectivity index (χ2n) is 5.06. The normalized spacial score (nSPS) is 13.0. The predicted molar refractivity (Wildman–Crippen MR) is 81.2 cm³/mol. The van der Waals surface area contributed by atoms with Gasteiger partial charge in [-0.2, -0.15) is 5.26 Å². The van der Waals surface area contributed by atoms with Crippen molar-refractivity contribution in [3.05, 3.63) is 59.2 Å². The number of carbonyl (C=O) groups excluding carboxylic acids is 1. The topological polar surface area (TPSA) is 90.6 Å². The third-order valence-electron chi connectivity index (χ3n) is 3.57. The van der Waals surface area contributed by atoms with Crippen LogP contribution in [0, 0.1) is 11.3 Å². The van der Waals surface area contributed by atoms with Crippen molar-refractivity contribution in [1.29, 1.82) is 5.26 Å². The second-order valence-corrected chi connectivity index (χ2v) is 5.06. The van der Waals surface area contributed by atoms with Crippen LogP contribution in [0.2, 0.25) is 0 Å². The Morgan fingerprint density at radius 3 is 2.65 bits per heavy atom. The first-order valence-electron chi connectivity index (χ1n) is 6.88. The van der Waals surface area contributed by atoms with Gasteiger partial charge in [0, 0.05) is 0 Å². The van der Waals surface area contributed by atoms with Crippen LogP contribution in [0.4, 0.5) is 5.69 Å². The number of carboxylic acids is 1. The number of aromatic carboxylic acids is 1. The molecule has 1 aliphatic rings. The minimum Gasteiger partial charge on any atom is -0.482 e. The third kappa shape index (κ3) is 2.85. The molecule has 6 heteroatoms. The summed E-state index contributed by atoms with van der Waals surface area (Å²) >= 11 is 0. The number of nitriles is 1. The van der Waals surface area contributed by atoms with E-state index in [9.17, 15) is 9.59 Å². The quantitative estimate of drug-likeness (QED) is 0.938. The van der Waals surface area contributed by atoms with Crippen molar-refractivity contribution < 1.29 is 19.4 Å². The summed E-state index contributed by atoms with van der Waals surface area (Å²) in [7, 11) is 0. The lowest BCUT2D eigenvalue weighted by Crippen LogP contribution is -2.38. The van der Waals surface area contributed by atoms with E-state index in [0.29, 0.717) is 23.5 Å². The molecule has 1 N–H and O–H groups in total. The Morgan fingerprint density at radius 2 is 2.00 bits per heavy atom. The minimum absolute atomic E-state index is 0.108. The fourth-order valence-corrected chi connectivity index (χ4v) is 2.38. The number of nitrogens with zero attached hydrogens (tertiary/aromatic N) is 2. The van der Waals surface area contributed by atoms with Gasteiger partial charge in [-0.15, -0.1) is 0 Å². The number of amides is 1. The van der Waals surface area contributed by atoms with Gasteiger partial charge in [-0.1, -0.05) is 12.1 Å².